The summed E-state index contributed by atoms with van der Waals surface area (Å²) in [7, 11) is -6.84. The quantitative estimate of drug-likeness (QED) is 0.768. The first-order chi connectivity index (χ1) is 11.2. The SMILES string of the molecule is CS(=O)(=O)NCCN(c1ccc(N2CCCCC2)cc1)S(C)(=O)=O. The fraction of sp³-hybridized carbons (Fsp3) is 0.600. The zero-order valence-corrected chi connectivity index (χ0v) is 15.7. The van der Waals surface area contributed by atoms with Gasteiger partial charge in [0.1, 0.15) is 0 Å². The van der Waals surface area contributed by atoms with Crippen LogP contribution in [0.1, 0.15) is 19.3 Å². The minimum atomic E-state index is -3.49. The van der Waals surface area contributed by atoms with Crippen molar-refractivity contribution in [3.8, 4) is 0 Å². The lowest BCUT2D eigenvalue weighted by atomic mass is 10.1. The number of piperidine rings is 1. The third-order valence-corrected chi connectivity index (χ3v) is 5.86. The largest absolute Gasteiger partial charge is 0.372 e. The molecule has 0 unspecified atom stereocenters. The smallest absolute Gasteiger partial charge is 0.232 e. The normalized spacial score (nSPS) is 16.2. The summed E-state index contributed by atoms with van der Waals surface area (Å²) in [6, 6.07) is 7.38. The molecule has 9 heteroatoms. The maximum Gasteiger partial charge on any atom is 0.232 e. The van der Waals surface area contributed by atoms with Crippen molar-refractivity contribution >= 4 is 31.4 Å². The van der Waals surface area contributed by atoms with E-state index >= 15 is 0 Å². The van der Waals surface area contributed by atoms with Gasteiger partial charge in [-0.2, -0.15) is 0 Å². The molecule has 136 valence electrons. The molecule has 1 heterocycles. The Morgan fingerprint density at radius 2 is 1.58 bits per heavy atom. The summed E-state index contributed by atoms with van der Waals surface area (Å²) < 4.78 is 49.8. The van der Waals surface area contributed by atoms with Gasteiger partial charge in [0.15, 0.2) is 0 Å². The Kier molecular flexibility index (Phi) is 6.11. The zero-order valence-electron chi connectivity index (χ0n) is 14.1. The van der Waals surface area contributed by atoms with Gasteiger partial charge in [0.05, 0.1) is 18.2 Å². The average Bonchev–Trinajstić information content (AvgIpc) is 2.51. The molecule has 0 amide bonds. The molecule has 1 aromatic rings. The van der Waals surface area contributed by atoms with Gasteiger partial charge in [-0.1, -0.05) is 0 Å². The second-order valence-electron chi connectivity index (χ2n) is 6.07. The van der Waals surface area contributed by atoms with E-state index in [1.54, 1.807) is 12.1 Å². The molecule has 2 rings (SSSR count). The van der Waals surface area contributed by atoms with Crippen molar-refractivity contribution in [3.63, 3.8) is 0 Å². The summed E-state index contributed by atoms with van der Waals surface area (Å²) >= 11 is 0. The number of benzene rings is 1. The van der Waals surface area contributed by atoms with E-state index in [4.69, 9.17) is 0 Å². The van der Waals surface area contributed by atoms with Crippen molar-refractivity contribution in [2.45, 2.75) is 19.3 Å². The first-order valence-electron chi connectivity index (χ1n) is 7.94. The molecule has 1 saturated heterocycles. The summed E-state index contributed by atoms with van der Waals surface area (Å²) in [5, 5.41) is 0. The monoisotopic (exact) mass is 375 g/mol. The number of rotatable bonds is 7. The molecular weight excluding hydrogens is 350 g/mol. The molecule has 0 bridgehead atoms. The van der Waals surface area contributed by atoms with Crippen molar-refractivity contribution in [1.29, 1.82) is 0 Å². The van der Waals surface area contributed by atoms with E-state index in [2.05, 4.69) is 9.62 Å². The average molecular weight is 376 g/mol. The molecule has 0 aliphatic carbocycles. The van der Waals surface area contributed by atoms with Crippen molar-refractivity contribution in [1.82, 2.24) is 4.72 Å². The lowest BCUT2D eigenvalue weighted by Gasteiger charge is -2.29. The minimum absolute atomic E-state index is 0.0276. The Morgan fingerprint density at radius 1 is 1.00 bits per heavy atom. The molecule has 0 saturated carbocycles. The molecular formula is C15H25N3O4S2. The topological polar surface area (TPSA) is 86.8 Å². The highest BCUT2D eigenvalue weighted by Crippen LogP contribution is 2.24. The predicted molar refractivity (Wildman–Crippen MR) is 97.5 cm³/mol. The molecule has 1 aliphatic rings. The van der Waals surface area contributed by atoms with Gasteiger partial charge in [-0.15, -0.1) is 0 Å². The van der Waals surface area contributed by atoms with Crippen LogP contribution in [0.25, 0.3) is 0 Å². The summed E-state index contributed by atoms with van der Waals surface area (Å²) in [5.41, 5.74) is 1.62. The molecule has 7 nitrogen and oxygen atoms in total. The van der Waals surface area contributed by atoms with Crippen LogP contribution in [0.2, 0.25) is 0 Å². The third-order valence-electron chi connectivity index (χ3n) is 3.94. The van der Waals surface area contributed by atoms with Crippen LogP contribution in [0.15, 0.2) is 24.3 Å². The summed E-state index contributed by atoms with van der Waals surface area (Å²) in [6.45, 7) is 2.12. The highest BCUT2D eigenvalue weighted by atomic mass is 32.2. The lowest BCUT2D eigenvalue weighted by Crippen LogP contribution is -2.37. The van der Waals surface area contributed by atoms with E-state index in [0.29, 0.717) is 5.69 Å². The van der Waals surface area contributed by atoms with Gasteiger partial charge in [-0.25, -0.2) is 21.6 Å². The lowest BCUT2D eigenvalue weighted by molar-refractivity contribution is 0.578. The molecule has 1 aromatic carbocycles. The van der Waals surface area contributed by atoms with Crippen molar-refractivity contribution in [2.75, 3.05) is 47.9 Å². The number of hydrogen-bond acceptors (Lipinski definition) is 5. The Balaban J connectivity index is 2.11. The molecule has 0 atom stereocenters. The van der Waals surface area contributed by atoms with Crippen LogP contribution in [-0.4, -0.2) is 55.5 Å². The molecule has 1 N–H and O–H groups in total. The number of nitrogens with zero attached hydrogens (tertiary/aromatic N) is 2. The van der Waals surface area contributed by atoms with Gasteiger partial charge < -0.3 is 4.90 Å². The van der Waals surface area contributed by atoms with E-state index in [1.165, 1.54) is 23.6 Å². The predicted octanol–water partition coefficient (Wildman–Crippen LogP) is 0.992. The van der Waals surface area contributed by atoms with Gasteiger partial charge in [-0.05, 0) is 43.5 Å². The first-order valence-corrected chi connectivity index (χ1v) is 11.7. The third kappa shape index (κ3) is 5.64. The van der Waals surface area contributed by atoms with Crippen molar-refractivity contribution in [3.05, 3.63) is 24.3 Å². The van der Waals surface area contributed by atoms with Crippen LogP contribution in [0.5, 0.6) is 0 Å². The second kappa shape index (κ2) is 7.71. The van der Waals surface area contributed by atoms with Gasteiger partial charge in [0.2, 0.25) is 20.0 Å². The number of nitrogens with one attached hydrogen (secondary N) is 1. The highest BCUT2D eigenvalue weighted by molar-refractivity contribution is 7.92. The van der Waals surface area contributed by atoms with Gasteiger partial charge in [-0.3, -0.25) is 4.31 Å². The highest BCUT2D eigenvalue weighted by Gasteiger charge is 2.18. The second-order valence-corrected chi connectivity index (χ2v) is 9.81. The van der Waals surface area contributed by atoms with Crippen LogP contribution >= 0.6 is 0 Å². The maximum atomic E-state index is 12.0. The molecule has 0 aromatic heterocycles. The summed E-state index contributed by atoms with van der Waals surface area (Å²) in [5.74, 6) is 0. The van der Waals surface area contributed by atoms with E-state index in [-0.39, 0.29) is 13.1 Å². The molecule has 1 aliphatic heterocycles. The van der Waals surface area contributed by atoms with E-state index < -0.39 is 20.0 Å². The van der Waals surface area contributed by atoms with Gasteiger partial charge in [0, 0.05) is 31.9 Å². The van der Waals surface area contributed by atoms with E-state index in [0.717, 1.165) is 31.3 Å². The van der Waals surface area contributed by atoms with E-state index in [1.807, 2.05) is 12.1 Å². The van der Waals surface area contributed by atoms with Crippen molar-refractivity contribution in [2.24, 2.45) is 0 Å². The Hall–Kier alpha value is -1.32. The fourth-order valence-corrected chi connectivity index (χ4v) is 4.19. The molecule has 0 radical (unpaired) electrons. The standard InChI is InChI=1S/C15H25N3O4S2/c1-23(19,20)16-10-13-18(24(2,21)22)15-8-6-14(7-9-15)17-11-4-3-5-12-17/h6-9,16H,3-5,10-13H2,1-2H3. The minimum Gasteiger partial charge on any atom is -0.372 e. The number of anilines is 2. The van der Waals surface area contributed by atoms with Crippen LogP contribution in [-0.2, 0) is 20.0 Å². The molecule has 1 fully saturated rings. The Morgan fingerprint density at radius 3 is 2.08 bits per heavy atom. The fourth-order valence-electron chi connectivity index (χ4n) is 2.80. The van der Waals surface area contributed by atoms with Gasteiger partial charge in [0.25, 0.3) is 0 Å². The Bertz CT molecular complexity index is 739. The number of hydrogen-bond donors (Lipinski definition) is 1. The van der Waals surface area contributed by atoms with E-state index in [9.17, 15) is 16.8 Å². The first kappa shape index (κ1) is 19.0. The summed E-state index contributed by atoms with van der Waals surface area (Å²) in [6.07, 6.45) is 5.77. The van der Waals surface area contributed by atoms with Crippen LogP contribution in [0.3, 0.4) is 0 Å². The molecule has 0 spiro atoms. The van der Waals surface area contributed by atoms with Crippen LogP contribution in [0.4, 0.5) is 11.4 Å². The Labute approximate surface area is 144 Å². The van der Waals surface area contributed by atoms with Crippen LogP contribution < -0.4 is 13.9 Å². The van der Waals surface area contributed by atoms with Crippen LogP contribution in [0, 0.1) is 0 Å². The number of sulfonamides is 2. The zero-order chi connectivity index (χ0) is 17.8. The summed E-state index contributed by atoms with van der Waals surface area (Å²) in [4.78, 5) is 2.29. The van der Waals surface area contributed by atoms with Gasteiger partial charge >= 0.3 is 0 Å². The maximum absolute atomic E-state index is 12.0. The van der Waals surface area contributed by atoms with Crippen molar-refractivity contribution < 1.29 is 16.8 Å². The molecule has 24 heavy (non-hydrogen) atoms.